The lowest BCUT2D eigenvalue weighted by molar-refractivity contribution is -0.0446. The van der Waals surface area contributed by atoms with Crippen molar-refractivity contribution in [3.05, 3.63) is 75.0 Å². The number of aliphatic hydroxyl groups excluding tert-OH is 1. The highest BCUT2D eigenvalue weighted by molar-refractivity contribution is 7.98. The van der Waals surface area contributed by atoms with E-state index in [0.717, 1.165) is 26.9 Å². The van der Waals surface area contributed by atoms with Crippen LogP contribution < -0.4 is 0 Å². The zero-order valence-corrected chi connectivity index (χ0v) is 17.8. The smallest absolute Gasteiger partial charge is 0.151 e. The number of fused-ring (bicyclic) bond motifs is 1. The van der Waals surface area contributed by atoms with Gasteiger partial charge in [0, 0.05) is 22.9 Å². The Morgan fingerprint density at radius 3 is 2.57 bits per heavy atom. The molecule has 0 atom stereocenters. The predicted octanol–water partition coefficient (Wildman–Crippen LogP) is 6.48. The third-order valence-corrected chi connectivity index (χ3v) is 6.86. The standard InChI is InChI=1S/C21H17Cl2NO2S2/c22-18-4-3-16(10-19(18)23)28-24-11-14(2-6-21(25)26)17-9-13(1-5-20(17)24)15-7-8-27-12-15/h1,3-5,7-12,21,25-26H,2,6H2. The number of halogens is 2. The van der Waals surface area contributed by atoms with Crippen molar-refractivity contribution in [1.82, 2.24) is 3.97 Å². The van der Waals surface area contributed by atoms with Gasteiger partial charge in [-0.2, -0.15) is 11.3 Å². The van der Waals surface area contributed by atoms with E-state index in [-0.39, 0.29) is 0 Å². The molecule has 0 unspecified atom stereocenters. The fraction of sp³-hybridized carbons (Fsp3) is 0.143. The van der Waals surface area contributed by atoms with Crippen LogP contribution in [0, 0.1) is 0 Å². The summed E-state index contributed by atoms with van der Waals surface area (Å²) in [6.07, 6.45) is 1.61. The van der Waals surface area contributed by atoms with Crippen LogP contribution >= 0.6 is 46.5 Å². The lowest BCUT2D eigenvalue weighted by Gasteiger charge is -2.06. The van der Waals surface area contributed by atoms with Crippen molar-refractivity contribution < 1.29 is 10.2 Å². The van der Waals surface area contributed by atoms with Crippen LogP contribution in [0.15, 0.2) is 64.3 Å². The fourth-order valence-corrected chi connectivity index (χ4v) is 5.07. The topological polar surface area (TPSA) is 45.4 Å². The van der Waals surface area contributed by atoms with Crippen molar-refractivity contribution in [1.29, 1.82) is 0 Å². The molecule has 7 heteroatoms. The van der Waals surface area contributed by atoms with E-state index < -0.39 is 6.29 Å². The number of hydrogen-bond acceptors (Lipinski definition) is 4. The van der Waals surface area contributed by atoms with Crippen molar-refractivity contribution >= 4 is 57.4 Å². The zero-order valence-electron chi connectivity index (χ0n) is 14.7. The summed E-state index contributed by atoms with van der Waals surface area (Å²) in [5.41, 5.74) is 4.48. The minimum Gasteiger partial charge on any atom is -0.368 e. The number of aliphatic hydroxyl groups is 2. The van der Waals surface area contributed by atoms with Crippen LogP contribution in [-0.4, -0.2) is 20.5 Å². The van der Waals surface area contributed by atoms with Crippen LogP contribution in [-0.2, 0) is 6.42 Å². The molecular formula is C21H17Cl2NO2S2. The zero-order chi connectivity index (χ0) is 19.7. The van der Waals surface area contributed by atoms with E-state index >= 15 is 0 Å². The number of rotatable bonds is 6. The molecule has 2 aromatic carbocycles. The van der Waals surface area contributed by atoms with Gasteiger partial charge in [-0.05, 0) is 82.2 Å². The van der Waals surface area contributed by atoms with Crippen LogP contribution in [0.1, 0.15) is 12.0 Å². The molecule has 0 aliphatic heterocycles. The summed E-state index contributed by atoms with van der Waals surface area (Å²) in [6, 6.07) is 14.0. The normalized spacial score (nSPS) is 11.6. The fourth-order valence-electron chi connectivity index (χ4n) is 3.08. The predicted molar refractivity (Wildman–Crippen MR) is 120 cm³/mol. The first-order valence-corrected chi connectivity index (χ1v) is 11.1. The average Bonchev–Trinajstić information content (AvgIpc) is 3.31. The number of aryl methyl sites for hydroxylation is 1. The molecule has 2 aromatic heterocycles. The van der Waals surface area contributed by atoms with Gasteiger partial charge in [-0.15, -0.1) is 0 Å². The minimum atomic E-state index is -1.32. The van der Waals surface area contributed by atoms with Gasteiger partial charge in [-0.3, -0.25) is 3.97 Å². The Labute approximate surface area is 181 Å². The molecule has 0 amide bonds. The Hall–Kier alpha value is -1.47. The molecule has 0 aliphatic rings. The van der Waals surface area contributed by atoms with Crippen molar-refractivity contribution in [2.45, 2.75) is 24.0 Å². The van der Waals surface area contributed by atoms with Crippen LogP contribution in [0.4, 0.5) is 0 Å². The highest BCUT2D eigenvalue weighted by Crippen LogP contribution is 2.35. The first-order chi connectivity index (χ1) is 13.5. The first kappa shape index (κ1) is 19.8. The van der Waals surface area contributed by atoms with Crippen molar-refractivity contribution in [2.24, 2.45) is 0 Å². The molecule has 0 fully saturated rings. The van der Waals surface area contributed by atoms with E-state index in [1.165, 1.54) is 5.56 Å². The second-order valence-electron chi connectivity index (χ2n) is 6.41. The molecule has 0 saturated heterocycles. The Bertz CT molecular complexity index is 1110. The lowest BCUT2D eigenvalue weighted by atomic mass is 10.0. The molecule has 4 rings (SSSR count). The molecule has 28 heavy (non-hydrogen) atoms. The van der Waals surface area contributed by atoms with Crippen LogP contribution in [0.3, 0.4) is 0 Å². The Balaban J connectivity index is 1.76. The van der Waals surface area contributed by atoms with Gasteiger partial charge in [0.15, 0.2) is 6.29 Å². The molecule has 2 N–H and O–H groups in total. The summed E-state index contributed by atoms with van der Waals surface area (Å²) < 4.78 is 2.09. The van der Waals surface area contributed by atoms with Gasteiger partial charge in [0.25, 0.3) is 0 Å². The van der Waals surface area contributed by atoms with E-state index in [2.05, 4.69) is 45.2 Å². The third kappa shape index (κ3) is 4.25. The second-order valence-corrected chi connectivity index (χ2v) is 9.05. The highest BCUT2D eigenvalue weighted by Gasteiger charge is 2.13. The molecule has 4 aromatic rings. The summed E-state index contributed by atoms with van der Waals surface area (Å²) in [7, 11) is 0. The molecule has 0 spiro atoms. The average molecular weight is 450 g/mol. The number of hydrogen-bond donors (Lipinski definition) is 2. The maximum Gasteiger partial charge on any atom is 0.151 e. The Morgan fingerprint density at radius 1 is 1.00 bits per heavy atom. The summed E-state index contributed by atoms with van der Waals surface area (Å²) in [4.78, 5) is 0.974. The SMILES string of the molecule is OC(O)CCc1cn(Sc2ccc(Cl)c(Cl)c2)c2ccc(-c3ccsc3)cc12. The second kappa shape index (κ2) is 8.49. The first-order valence-electron chi connectivity index (χ1n) is 8.67. The van der Waals surface area contributed by atoms with E-state index in [4.69, 9.17) is 23.2 Å². The molecule has 0 radical (unpaired) electrons. The largest absolute Gasteiger partial charge is 0.368 e. The van der Waals surface area contributed by atoms with Crippen molar-refractivity contribution in [3.63, 3.8) is 0 Å². The number of thiophene rings is 1. The molecule has 0 bridgehead atoms. The van der Waals surface area contributed by atoms with Crippen molar-refractivity contribution in [3.8, 4) is 11.1 Å². The van der Waals surface area contributed by atoms with E-state index in [1.54, 1.807) is 29.4 Å². The van der Waals surface area contributed by atoms with Crippen LogP contribution in [0.5, 0.6) is 0 Å². The summed E-state index contributed by atoms with van der Waals surface area (Å²) >= 11 is 15.4. The Kier molecular flexibility index (Phi) is 6.01. The number of nitrogens with zero attached hydrogens (tertiary/aromatic N) is 1. The van der Waals surface area contributed by atoms with Gasteiger partial charge >= 0.3 is 0 Å². The highest BCUT2D eigenvalue weighted by atomic mass is 35.5. The van der Waals surface area contributed by atoms with Crippen LogP contribution in [0.25, 0.3) is 22.0 Å². The van der Waals surface area contributed by atoms with Gasteiger partial charge in [0.2, 0.25) is 0 Å². The maximum absolute atomic E-state index is 9.31. The number of benzene rings is 2. The minimum absolute atomic E-state index is 0.291. The van der Waals surface area contributed by atoms with Gasteiger partial charge in [0.05, 0.1) is 15.6 Å². The monoisotopic (exact) mass is 449 g/mol. The molecule has 0 saturated carbocycles. The van der Waals surface area contributed by atoms with Gasteiger partial charge in [0.1, 0.15) is 0 Å². The summed E-state index contributed by atoms with van der Waals surface area (Å²) in [5, 5.41) is 25.0. The summed E-state index contributed by atoms with van der Waals surface area (Å²) in [5.74, 6) is 0. The van der Waals surface area contributed by atoms with E-state index in [9.17, 15) is 10.2 Å². The molecule has 2 heterocycles. The molecule has 3 nitrogen and oxygen atoms in total. The Morgan fingerprint density at radius 2 is 1.86 bits per heavy atom. The molecular weight excluding hydrogens is 433 g/mol. The van der Waals surface area contributed by atoms with Gasteiger partial charge < -0.3 is 10.2 Å². The number of aromatic nitrogens is 1. The molecule has 144 valence electrons. The lowest BCUT2D eigenvalue weighted by Crippen LogP contribution is -2.05. The quantitative estimate of drug-likeness (QED) is 0.331. The van der Waals surface area contributed by atoms with E-state index in [0.29, 0.717) is 22.9 Å². The summed E-state index contributed by atoms with van der Waals surface area (Å²) in [6.45, 7) is 0. The van der Waals surface area contributed by atoms with Crippen molar-refractivity contribution in [2.75, 3.05) is 0 Å². The van der Waals surface area contributed by atoms with Gasteiger partial charge in [-0.25, -0.2) is 0 Å². The van der Waals surface area contributed by atoms with E-state index in [1.807, 2.05) is 12.1 Å². The van der Waals surface area contributed by atoms with Crippen LogP contribution in [0.2, 0.25) is 10.0 Å². The molecule has 0 aliphatic carbocycles. The third-order valence-electron chi connectivity index (χ3n) is 4.47. The van der Waals surface area contributed by atoms with Gasteiger partial charge in [-0.1, -0.05) is 29.3 Å². The maximum atomic E-state index is 9.31.